The number of anilines is 2. The van der Waals surface area contributed by atoms with Crippen molar-refractivity contribution < 1.29 is 4.74 Å². The maximum atomic E-state index is 4.97. The van der Waals surface area contributed by atoms with Gasteiger partial charge in [0.1, 0.15) is 0 Å². The third-order valence-electron chi connectivity index (χ3n) is 1.98. The van der Waals surface area contributed by atoms with Crippen molar-refractivity contribution in [2.24, 2.45) is 0 Å². The van der Waals surface area contributed by atoms with Gasteiger partial charge in [-0.2, -0.15) is 0 Å². The Morgan fingerprint density at radius 3 is 2.27 bits per heavy atom. The molecule has 0 bridgehead atoms. The van der Waals surface area contributed by atoms with E-state index in [2.05, 4.69) is 48.7 Å². The molecule has 0 unspecified atom stereocenters. The molecule has 0 fully saturated rings. The van der Waals surface area contributed by atoms with Crippen molar-refractivity contribution in [1.29, 1.82) is 0 Å². The highest BCUT2D eigenvalue weighted by molar-refractivity contribution is 5.53. The molecule has 1 aromatic carbocycles. The second kappa shape index (κ2) is 6.30. The summed E-state index contributed by atoms with van der Waals surface area (Å²) < 4.78 is 4.97. The molecule has 0 aliphatic rings. The van der Waals surface area contributed by atoms with E-state index in [1.807, 2.05) is 0 Å². The molecule has 0 aliphatic heterocycles. The fourth-order valence-electron chi connectivity index (χ4n) is 1.32. The van der Waals surface area contributed by atoms with Crippen LogP contribution in [0.3, 0.4) is 0 Å². The minimum absolute atomic E-state index is 0.470. The van der Waals surface area contributed by atoms with Crippen LogP contribution in [0.1, 0.15) is 13.8 Å². The maximum absolute atomic E-state index is 4.97. The van der Waals surface area contributed by atoms with Crippen molar-refractivity contribution in [2.45, 2.75) is 19.9 Å². The molecule has 84 valence electrons. The number of ether oxygens (including phenoxy) is 1. The third kappa shape index (κ3) is 4.70. The topological polar surface area (TPSA) is 33.3 Å². The Bertz CT molecular complexity index is 269. The number of nitrogens with one attached hydrogen (secondary N) is 2. The zero-order valence-electron chi connectivity index (χ0n) is 9.71. The van der Waals surface area contributed by atoms with Crippen molar-refractivity contribution >= 4 is 11.4 Å². The van der Waals surface area contributed by atoms with Gasteiger partial charge in [0.25, 0.3) is 0 Å². The lowest BCUT2D eigenvalue weighted by atomic mass is 10.2. The van der Waals surface area contributed by atoms with Gasteiger partial charge in [-0.05, 0) is 38.1 Å². The summed E-state index contributed by atoms with van der Waals surface area (Å²) in [6, 6.07) is 8.77. The van der Waals surface area contributed by atoms with Gasteiger partial charge >= 0.3 is 0 Å². The Kier molecular flexibility index (Phi) is 4.98. The lowest BCUT2D eigenvalue weighted by Gasteiger charge is -2.11. The second-order valence-corrected chi connectivity index (χ2v) is 3.80. The van der Waals surface area contributed by atoms with Crippen LogP contribution in [0.15, 0.2) is 24.3 Å². The molecule has 1 aromatic rings. The predicted octanol–water partition coefficient (Wildman–Crippen LogP) is 2.57. The Morgan fingerprint density at radius 2 is 1.73 bits per heavy atom. The molecular formula is C12H20N2O. The Labute approximate surface area is 91.8 Å². The lowest BCUT2D eigenvalue weighted by molar-refractivity contribution is 0.211. The minimum atomic E-state index is 0.470. The zero-order valence-corrected chi connectivity index (χ0v) is 9.71. The third-order valence-corrected chi connectivity index (χ3v) is 1.98. The molecule has 0 aliphatic carbocycles. The monoisotopic (exact) mass is 208 g/mol. The Morgan fingerprint density at radius 1 is 1.13 bits per heavy atom. The average Bonchev–Trinajstić information content (AvgIpc) is 2.20. The van der Waals surface area contributed by atoms with E-state index in [-0.39, 0.29) is 0 Å². The lowest BCUT2D eigenvalue weighted by Crippen LogP contribution is -2.10. The number of rotatable bonds is 6. The molecular weight excluding hydrogens is 188 g/mol. The molecule has 0 heterocycles. The smallest absolute Gasteiger partial charge is 0.0635 e. The molecule has 0 saturated heterocycles. The van der Waals surface area contributed by atoms with E-state index >= 15 is 0 Å². The van der Waals surface area contributed by atoms with Crippen molar-refractivity contribution in [3.63, 3.8) is 0 Å². The molecule has 0 aromatic heterocycles. The molecule has 0 atom stereocenters. The summed E-state index contributed by atoms with van der Waals surface area (Å²) in [5.74, 6) is 0. The predicted molar refractivity (Wildman–Crippen MR) is 65.6 cm³/mol. The Balaban J connectivity index is 2.42. The first kappa shape index (κ1) is 11.9. The molecule has 0 amide bonds. The van der Waals surface area contributed by atoms with Crippen LogP contribution in [-0.4, -0.2) is 26.3 Å². The standard InChI is InChI=1S/C12H20N2O/c1-10(2)14-12-6-4-11(5-7-12)13-8-9-15-3/h4-7,10,13-14H,8-9H2,1-3H3. The molecule has 3 heteroatoms. The molecule has 0 saturated carbocycles. The second-order valence-electron chi connectivity index (χ2n) is 3.80. The van der Waals surface area contributed by atoms with E-state index < -0.39 is 0 Å². The van der Waals surface area contributed by atoms with Gasteiger partial charge in [-0.15, -0.1) is 0 Å². The normalized spacial score (nSPS) is 10.4. The highest BCUT2D eigenvalue weighted by Crippen LogP contribution is 2.13. The highest BCUT2D eigenvalue weighted by atomic mass is 16.5. The first-order valence-corrected chi connectivity index (χ1v) is 5.32. The number of methoxy groups -OCH3 is 1. The summed E-state index contributed by atoms with van der Waals surface area (Å²) in [6.45, 7) is 5.83. The fourth-order valence-corrected chi connectivity index (χ4v) is 1.32. The van der Waals surface area contributed by atoms with Crippen LogP contribution in [0.5, 0.6) is 0 Å². The van der Waals surface area contributed by atoms with Crippen molar-refractivity contribution in [3.8, 4) is 0 Å². The van der Waals surface area contributed by atoms with E-state index in [4.69, 9.17) is 4.74 Å². The minimum Gasteiger partial charge on any atom is -0.383 e. The number of benzene rings is 1. The van der Waals surface area contributed by atoms with Crippen molar-refractivity contribution in [1.82, 2.24) is 0 Å². The quantitative estimate of drug-likeness (QED) is 0.705. The first-order valence-electron chi connectivity index (χ1n) is 5.32. The average molecular weight is 208 g/mol. The van der Waals surface area contributed by atoms with E-state index in [0.29, 0.717) is 6.04 Å². The van der Waals surface area contributed by atoms with E-state index in [0.717, 1.165) is 24.5 Å². The largest absolute Gasteiger partial charge is 0.383 e. The van der Waals surface area contributed by atoms with Crippen LogP contribution < -0.4 is 10.6 Å². The SMILES string of the molecule is COCCNc1ccc(NC(C)C)cc1. The highest BCUT2D eigenvalue weighted by Gasteiger charge is 1.95. The molecule has 0 spiro atoms. The summed E-state index contributed by atoms with van der Waals surface area (Å²) in [6.07, 6.45) is 0. The molecule has 2 N–H and O–H groups in total. The van der Waals surface area contributed by atoms with Crippen LogP contribution in [0.2, 0.25) is 0 Å². The molecule has 1 rings (SSSR count). The van der Waals surface area contributed by atoms with Crippen LogP contribution in [-0.2, 0) is 4.74 Å². The molecule has 0 radical (unpaired) electrons. The van der Waals surface area contributed by atoms with Gasteiger partial charge in [-0.1, -0.05) is 0 Å². The molecule has 3 nitrogen and oxygen atoms in total. The van der Waals surface area contributed by atoms with Crippen LogP contribution in [0, 0.1) is 0 Å². The van der Waals surface area contributed by atoms with Gasteiger partial charge in [0.05, 0.1) is 6.61 Å². The van der Waals surface area contributed by atoms with Crippen LogP contribution >= 0.6 is 0 Å². The molecule has 15 heavy (non-hydrogen) atoms. The number of hydrogen-bond donors (Lipinski definition) is 2. The summed E-state index contributed by atoms with van der Waals surface area (Å²) in [5.41, 5.74) is 2.28. The summed E-state index contributed by atoms with van der Waals surface area (Å²) in [7, 11) is 1.71. The summed E-state index contributed by atoms with van der Waals surface area (Å²) >= 11 is 0. The van der Waals surface area contributed by atoms with Gasteiger partial charge in [0.15, 0.2) is 0 Å². The maximum Gasteiger partial charge on any atom is 0.0635 e. The van der Waals surface area contributed by atoms with E-state index in [1.54, 1.807) is 7.11 Å². The van der Waals surface area contributed by atoms with Gasteiger partial charge < -0.3 is 15.4 Å². The van der Waals surface area contributed by atoms with Crippen LogP contribution in [0.25, 0.3) is 0 Å². The van der Waals surface area contributed by atoms with Gasteiger partial charge in [0, 0.05) is 31.1 Å². The Hall–Kier alpha value is -1.22. The van der Waals surface area contributed by atoms with E-state index in [1.165, 1.54) is 0 Å². The number of hydrogen-bond acceptors (Lipinski definition) is 3. The van der Waals surface area contributed by atoms with Gasteiger partial charge in [-0.25, -0.2) is 0 Å². The van der Waals surface area contributed by atoms with Gasteiger partial charge in [0.2, 0.25) is 0 Å². The van der Waals surface area contributed by atoms with Crippen LogP contribution in [0.4, 0.5) is 11.4 Å². The van der Waals surface area contributed by atoms with Crippen molar-refractivity contribution in [2.75, 3.05) is 30.9 Å². The zero-order chi connectivity index (χ0) is 11.1. The summed E-state index contributed by atoms with van der Waals surface area (Å²) in [5, 5.41) is 6.62. The summed E-state index contributed by atoms with van der Waals surface area (Å²) in [4.78, 5) is 0. The first-order chi connectivity index (χ1) is 7.22. The fraction of sp³-hybridized carbons (Fsp3) is 0.500. The van der Waals surface area contributed by atoms with E-state index in [9.17, 15) is 0 Å². The van der Waals surface area contributed by atoms with Gasteiger partial charge in [-0.3, -0.25) is 0 Å². The van der Waals surface area contributed by atoms with Crippen molar-refractivity contribution in [3.05, 3.63) is 24.3 Å².